The van der Waals surface area contributed by atoms with E-state index in [0.717, 1.165) is 19.4 Å². The normalized spacial score (nSPS) is 38.0. The van der Waals surface area contributed by atoms with Crippen LogP contribution in [0.3, 0.4) is 0 Å². The monoisotopic (exact) mass is 269 g/mol. The second kappa shape index (κ2) is 5.67. The van der Waals surface area contributed by atoms with Crippen molar-refractivity contribution in [2.45, 2.75) is 51.9 Å². The molecule has 0 amide bonds. The minimum absolute atomic E-state index is 0.0815. The molecule has 2 fully saturated rings. The third-order valence-corrected chi connectivity index (χ3v) is 4.58. The summed E-state index contributed by atoms with van der Waals surface area (Å²) >= 11 is 0. The number of nitrogens with zero attached hydrogens (tertiary/aromatic N) is 1. The zero-order chi connectivity index (χ0) is 14.0. The van der Waals surface area contributed by atoms with Gasteiger partial charge in [-0.2, -0.15) is 0 Å². The van der Waals surface area contributed by atoms with Gasteiger partial charge in [0.1, 0.15) is 0 Å². The first-order valence-corrected chi connectivity index (χ1v) is 7.17. The smallest absolute Gasteiger partial charge is 0.188 e. The van der Waals surface area contributed by atoms with E-state index in [0.29, 0.717) is 24.5 Å². The summed E-state index contributed by atoms with van der Waals surface area (Å²) in [5, 5.41) is 3.34. The first-order valence-electron chi connectivity index (χ1n) is 7.17. The van der Waals surface area contributed by atoms with Gasteiger partial charge in [0.25, 0.3) is 0 Å². The van der Waals surface area contributed by atoms with Gasteiger partial charge in [0.2, 0.25) is 0 Å². The fraction of sp³-hybridized carbons (Fsp3) is 0.929. The molecule has 5 heteroatoms. The lowest BCUT2D eigenvalue weighted by Gasteiger charge is -2.56. The largest absolute Gasteiger partial charge is 0.380 e. The average Bonchev–Trinajstić information content (AvgIpc) is 2.86. The van der Waals surface area contributed by atoms with Crippen molar-refractivity contribution in [3.63, 3.8) is 0 Å². The highest BCUT2D eigenvalue weighted by Crippen LogP contribution is 2.46. The quantitative estimate of drug-likeness (QED) is 0.593. The van der Waals surface area contributed by atoms with Crippen molar-refractivity contribution in [1.82, 2.24) is 5.32 Å². The highest BCUT2D eigenvalue weighted by Gasteiger charge is 2.54. The van der Waals surface area contributed by atoms with Crippen molar-refractivity contribution in [2.75, 3.05) is 20.3 Å². The van der Waals surface area contributed by atoms with Crippen LogP contribution in [0.1, 0.15) is 33.6 Å². The van der Waals surface area contributed by atoms with Gasteiger partial charge in [-0.15, -0.1) is 0 Å². The van der Waals surface area contributed by atoms with Gasteiger partial charge >= 0.3 is 0 Å². The second-order valence-corrected chi connectivity index (χ2v) is 6.32. The number of hydrogen-bond donors (Lipinski definition) is 2. The van der Waals surface area contributed by atoms with Gasteiger partial charge in [-0.1, -0.05) is 20.8 Å². The Kier molecular flexibility index (Phi) is 4.36. The Morgan fingerprint density at radius 2 is 2.26 bits per heavy atom. The van der Waals surface area contributed by atoms with Gasteiger partial charge in [-0.3, -0.25) is 4.99 Å². The molecule has 0 aromatic heterocycles. The van der Waals surface area contributed by atoms with Crippen LogP contribution in [0.4, 0.5) is 0 Å². The molecule has 1 saturated heterocycles. The van der Waals surface area contributed by atoms with E-state index >= 15 is 0 Å². The number of rotatable bonds is 4. The molecule has 2 aliphatic rings. The fourth-order valence-electron chi connectivity index (χ4n) is 3.62. The van der Waals surface area contributed by atoms with Gasteiger partial charge in [-0.25, -0.2) is 0 Å². The van der Waals surface area contributed by atoms with E-state index in [1.165, 1.54) is 0 Å². The van der Waals surface area contributed by atoms with Crippen molar-refractivity contribution >= 4 is 5.96 Å². The van der Waals surface area contributed by atoms with Gasteiger partial charge < -0.3 is 20.5 Å². The number of guanidine groups is 1. The number of aliphatic imine (C=N–C) groups is 1. The van der Waals surface area contributed by atoms with E-state index in [1.54, 1.807) is 7.11 Å². The Hall–Kier alpha value is -0.810. The first-order chi connectivity index (χ1) is 8.96. The highest BCUT2D eigenvalue weighted by molar-refractivity contribution is 5.78. The Morgan fingerprint density at radius 3 is 2.79 bits per heavy atom. The molecule has 1 heterocycles. The summed E-state index contributed by atoms with van der Waals surface area (Å²) in [6.07, 6.45) is 2.75. The van der Waals surface area contributed by atoms with Crippen LogP contribution < -0.4 is 11.1 Å². The lowest BCUT2D eigenvalue weighted by Crippen LogP contribution is -2.68. The molecule has 4 atom stereocenters. The molecular formula is C14H27N3O2. The van der Waals surface area contributed by atoms with Crippen LogP contribution in [0.15, 0.2) is 4.99 Å². The van der Waals surface area contributed by atoms with Crippen molar-refractivity contribution in [2.24, 2.45) is 22.1 Å². The number of ether oxygens (including phenoxy) is 2. The van der Waals surface area contributed by atoms with Crippen LogP contribution in [-0.2, 0) is 9.47 Å². The maximum atomic E-state index is 5.97. The summed E-state index contributed by atoms with van der Waals surface area (Å²) in [6, 6.07) is 0.311. The van der Waals surface area contributed by atoms with Crippen molar-refractivity contribution < 1.29 is 9.47 Å². The van der Waals surface area contributed by atoms with Crippen LogP contribution in [0.5, 0.6) is 0 Å². The van der Waals surface area contributed by atoms with Crippen LogP contribution in [0, 0.1) is 11.3 Å². The van der Waals surface area contributed by atoms with Crippen molar-refractivity contribution in [3.05, 3.63) is 0 Å². The molecule has 0 aromatic rings. The second-order valence-electron chi connectivity index (χ2n) is 6.32. The lowest BCUT2D eigenvalue weighted by molar-refractivity contribution is -0.139. The molecule has 1 aliphatic heterocycles. The fourth-order valence-corrected chi connectivity index (χ4v) is 3.62. The van der Waals surface area contributed by atoms with Crippen molar-refractivity contribution in [1.29, 1.82) is 0 Å². The number of nitrogens with two attached hydrogens (primary N) is 1. The predicted molar refractivity (Wildman–Crippen MR) is 76.1 cm³/mol. The summed E-state index contributed by atoms with van der Waals surface area (Å²) in [6.45, 7) is 8.10. The Balaban J connectivity index is 1.85. The Labute approximate surface area is 115 Å². The molecule has 0 spiro atoms. The first kappa shape index (κ1) is 14.6. The molecule has 0 aromatic carbocycles. The molecule has 1 saturated carbocycles. The molecule has 2 rings (SSSR count). The Bertz CT molecular complexity index is 338. The van der Waals surface area contributed by atoms with Crippen LogP contribution in [0.2, 0.25) is 0 Å². The molecule has 0 bridgehead atoms. The third-order valence-electron chi connectivity index (χ3n) is 4.58. The summed E-state index contributed by atoms with van der Waals surface area (Å²) in [5.74, 6) is 0.964. The van der Waals surface area contributed by atoms with E-state index in [1.807, 2.05) is 0 Å². The zero-order valence-electron chi connectivity index (χ0n) is 12.5. The standard InChI is InChI=1S/C14H27N3O2/c1-9-11(14(2,3)12(9)18-4)17-13(15)16-8-10-6-5-7-19-10/h9-12H,5-8H2,1-4H3,(H3,15,16,17). The number of methoxy groups -OCH3 is 1. The lowest BCUT2D eigenvalue weighted by atomic mass is 9.58. The van der Waals surface area contributed by atoms with E-state index in [-0.39, 0.29) is 17.6 Å². The molecule has 0 radical (unpaired) electrons. The molecule has 110 valence electrons. The van der Waals surface area contributed by atoms with Crippen LogP contribution >= 0.6 is 0 Å². The van der Waals surface area contributed by atoms with E-state index in [4.69, 9.17) is 15.2 Å². The van der Waals surface area contributed by atoms with Gasteiger partial charge in [-0.05, 0) is 12.8 Å². The minimum Gasteiger partial charge on any atom is -0.380 e. The van der Waals surface area contributed by atoms with Gasteiger partial charge in [0, 0.05) is 31.1 Å². The number of hydrogen-bond acceptors (Lipinski definition) is 3. The molecule has 3 N–H and O–H groups in total. The third kappa shape index (κ3) is 2.87. The topological polar surface area (TPSA) is 68.9 Å². The number of nitrogens with one attached hydrogen (secondary N) is 1. The zero-order valence-corrected chi connectivity index (χ0v) is 12.5. The highest BCUT2D eigenvalue weighted by atomic mass is 16.5. The summed E-state index contributed by atoms with van der Waals surface area (Å²) in [5.41, 5.74) is 6.06. The van der Waals surface area contributed by atoms with Gasteiger partial charge in [0.15, 0.2) is 5.96 Å². The van der Waals surface area contributed by atoms with E-state index in [9.17, 15) is 0 Å². The van der Waals surface area contributed by atoms with E-state index < -0.39 is 0 Å². The predicted octanol–water partition coefficient (Wildman–Crippen LogP) is 1.13. The van der Waals surface area contributed by atoms with Crippen LogP contribution in [0.25, 0.3) is 0 Å². The summed E-state index contributed by atoms with van der Waals surface area (Å²) < 4.78 is 11.1. The molecule has 5 nitrogen and oxygen atoms in total. The summed E-state index contributed by atoms with van der Waals surface area (Å²) in [7, 11) is 1.77. The molecule has 1 aliphatic carbocycles. The average molecular weight is 269 g/mol. The van der Waals surface area contributed by atoms with Gasteiger partial charge in [0.05, 0.1) is 18.8 Å². The maximum Gasteiger partial charge on any atom is 0.188 e. The molecule has 19 heavy (non-hydrogen) atoms. The Morgan fingerprint density at radius 1 is 1.53 bits per heavy atom. The minimum atomic E-state index is 0.0815. The summed E-state index contributed by atoms with van der Waals surface area (Å²) in [4.78, 5) is 4.40. The van der Waals surface area contributed by atoms with E-state index in [2.05, 4.69) is 31.1 Å². The molecule has 4 unspecified atom stereocenters. The maximum absolute atomic E-state index is 5.97. The van der Waals surface area contributed by atoms with Crippen LogP contribution in [-0.4, -0.2) is 44.5 Å². The SMILES string of the molecule is COC1C(C)C(NC(N)=NCC2CCCO2)C1(C)C. The van der Waals surface area contributed by atoms with Crippen molar-refractivity contribution in [3.8, 4) is 0 Å². The molecular weight excluding hydrogens is 242 g/mol.